The minimum atomic E-state index is 0.321. The molecule has 0 spiro atoms. The predicted molar refractivity (Wildman–Crippen MR) is 66.5 cm³/mol. The van der Waals surface area contributed by atoms with Crippen molar-refractivity contribution in [3.63, 3.8) is 0 Å². The standard InChI is InChI=1S/C12H12N2O2S/c13-12-14-9(6-17-12)3-1-8-2-4-10-11(5-8)16-7-15-10/h2,4-6H,1,3,7H2,(H2,13,14). The van der Waals surface area contributed by atoms with E-state index in [1.165, 1.54) is 16.9 Å². The van der Waals surface area contributed by atoms with Crippen molar-refractivity contribution in [2.24, 2.45) is 0 Å². The lowest BCUT2D eigenvalue weighted by atomic mass is 10.1. The molecule has 0 saturated carbocycles. The Morgan fingerprint density at radius 3 is 2.94 bits per heavy atom. The topological polar surface area (TPSA) is 57.4 Å². The van der Waals surface area contributed by atoms with E-state index in [2.05, 4.69) is 11.1 Å². The lowest BCUT2D eigenvalue weighted by molar-refractivity contribution is 0.174. The summed E-state index contributed by atoms with van der Waals surface area (Å²) in [5.74, 6) is 1.66. The monoisotopic (exact) mass is 248 g/mol. The van der Waals surface area contributed by atoms with Gasteiger partial charge in [0.25, 0.3) is 0 Å². The average Bonchev–Trinajstić information content (AvgIpc) is 2.94. The van der Waals surface area contributed by atoms with Gasteiger partial charge in [0.1, 0.15) is 0 Å². The fraction of sp³-hybridized carbons (Fsp3) is 0.250. The highest BCUT2D eigenvalue weighted by Crippen LogP contribution is 2.32. The number of thiazole rings is 1. The molecule has 17 heavy (non-hydrogen) atoms. The molecule has 1 aromatic carbocycles. The predicted octanol–water partition coefficient (Wildman–Crippen LogP) is 2.24. The lowest BCUT2D eigenvalue weighted by Crippen LogP contribution is -1.93. The molecule has 0 aliphatic carbocycles. The normalized spacial score (nSPS) is 12.9. The molecule has 0 saturated heterocycles. The van der Waals surface area contributed by atoms with Crippen LogP contribution in [0.3, 0.4) is 0 Å². The SMILES string of the molecule is Nc1nc(CCc2ccc3c(c2)OCO3)cs1. The fourth-order valence-corrected chi connectivity index (χ4v) is 2.40. The third-order valence-corrected chi connectivity index (χ3v) is 3.40. The molecule has 0 atom stereocenters. The van der Waals surface area contributed by atoms with Gasteiger partial charge in [-0.15, -0.1) is 11.3 Å². The zero-order valence-corrected chi connectivity index (χ0v) is 10.00. The number of ether oxygens (including phenoxy) is 2. The first-order valence-corrected chi connectivity index (χ1v) is 6.27. The summed E-state index contributed by atoms with van der Waals surface area (Å²) in [7, 11) is 0. The Labute approximate surface area is 103 Å². The van der Waals surface area contributed by atoms with Crippen LogP contribution in [0, 0.1) is 0 Å². The lowest BCUT2D eigenvalue weighted by Gasteiger charge is -2.01. The van der Waals surface area contributed by atoms with Crippen LogP contribution < -0.4 is 15.2 Å². The van der Waals surface area contributed by atoms with Crippen LogP contribution in [0.1, 0.15) is 11.3 Å². The highest BCUT2D eigenvalue weighted by Gasteiger charge is 2.13. The van der Waals surface area contributed by atoms with E-state index in [1.54, 1.807) is 0 Å². The summed E-state index contributed by atoms with van der Waals surface area (Å²) in [6, 6.07) is 6.04. The molecular formula is C12H12N2O2S. The summed E-state index contributed by atoms with van der Waals surface area (Å²) >= 11 is 1.48. The summed E-state index contributed by atoms with van der Waals surface area (Å²) in [5, 5.41) is 2.63. The van der Waals surface area contributed by atoms with Gasteiger partial charge in [-0.05, 0) is 30.5 Å². The molecule has 0 radical (unpaired) electrons. The van der Waals surface area contributed by atoms with Gasteiger partial charge in [-0.1, -0.05) is 6.07 Å². The van der Waals surface area contributed by atoms with Crippen molar-refractivity contribution in [1.82, 2.24) is 4.98 Å². The van der Waals surface area contributed by atoms with Gasteiger partial charge >= 0.3 is 0 Å². The zero-order valence-electron chi connectivity index (χ0n) is 9.18. The van der Waals surface area contributed by atoms with E-state index in [0.29, 0.717) is 11.9 Å². The van der Waals surface area contributed by atoms with E-state index in [0.717, 1.165) is 30.0 Å². The molecule has 0 bridgehead atoms. The third kappa shape index (κ3) is 2.19. The molecule has 3 rings (SSSR count). The van der Waals surface area contributed by atoms with Gasteiger partial charge < -0.3 is 15.2 Å². The minimum absolute atomic E-state index is 0.321. The molecule has 2 N–H and O–H groups in total. The fourth-order valence-electron chi connectivity index (χ4n) is 1.81. The van der Waals surface area contributed by atoms with E-state index >= 15 is 0 Å². The highest BCUT2D eigenvalue weighted by atomic mass is 32.1. The molecule has 0 amide bonds. The van der Waals surface area contributed by atoms with E-state index in [9.17, 15) is 0 Å². The van der Waals surface area contributed by atoms with Gasteiger partial charge in [0.05, 0.1) is 5.69 Å². The molecule has 2 aromatic rings. The van der Waals surface area contributed by atoms with Gasteiger partial charge in [0.2, 0.25) is 6.79 Å². The third-order valence-electron chi connectivity index (χ3n) is 2.68. The van der Waals surface area contributed by atoms with Crippen molar-refractivity contribution in [2.45, 2.75) is 12.8 Å². The van der Waals surface area contributed by atoms with Crippen molar-refractivity contribution in [1.29, 1.82) is 0 Å². The largest absolute Gasteiger partial charge is 0.454 e. The van der Waals surface area contributed by atoms with Gasteiger partial charge in [0.15, 0.2) is 16.6 Å². The first-order chi connectivity index (χ1) is 8.31. The molecule has 0 fully saturated rings. The van der Waals surface area contributed by atoms with E-state index in [-0.39, 0.29) is 0 Å². The van der Waals surface area contributed by atoms with Gasteiger partial charge in [0, 0.05) is 5.38 Å². The van der Waals surface area contributed by atoms with Gasteiger partial charge in [-0.2, -0.15) is 0 Å². The molecule has 1 aliphatic rings. The molecule has 2 heterocycles. The summed E-state index contributed by atoms with van der Waals surface area (Å²) < 4.78 is 10.6. The maximum atomic E-state index is 5.59. The smallest absolute Gasteiger partial charge is 0.231 e. The first kappa shape index (κ1) is 10.4. The Kier molecular flexibility index (Phi) is 2.60. The van der Waals surface area contributed by atoms with Crippen LogP contribution in [-0.2, 0) is 12.8 Å². The van der Waals surface area contributed by atoms with E-state index < -0.39 is 0 Å². The number of benzene rings is 1. The van der Waals surface area contributed by atoms with Gasteiger partial charge in [-0.3, -0.25) is 0 Å². The number of nitrogens with zero attached hydrogens (tertiary/aromatic N) is 1. The number of aryl methyl sites for hydroxylation is 2. The van der Waals surface area contributed by atoms with Crippen LogP contribution in [0.15, 0.2) is 23.6 Å². The number of hydrogen-bond donors (Lipinski definition) is 1. The summed E-state index contributed by atoms with van der Waals surface area (Å²) in [5.41, 5.74) is 7.86. The minimum Gasteiger partial charge on any atom is -0.454 e. The Morgan fingerprint density at radius 1 is 1.24 bits per heavy atom. The number of anilines is 1. The van der Waals surface area contributed by atoms with Crippen molar-refractivity contribution < 1.29 is 9.47 Å². The van der Waals surface area contributed by atoms with Crippen molar-refractivity contribution in [3.05, 3.63) is 34.8 Å². The number of nitrogen functional groups attached to an aromatic ring is 1. The molecular weight excluding hydrogens is 236 g/mol. The maximum Gasteiger partial charge on any atom is 0.231 e. The number of rotatable bonds is 3. The van der Waals surface area contributed by atoms with Crippen LogP contribution in [0.25, 0.3) is 0 Å². The van der Waals surface area contributed by atoms with Crippen LogP contribution >= 0.6 is 11.3 Å². The number of nitrogens with two attached hydrogens (primary N) is 1. The first-order valence-electron chi connectivity index (χ1n) is 5.40. The van der Waals surface area contributed by atoms with E-state index in [1.807, 2.05) is 17.5 Å². The van der Waals surface area contributed by atoms with Crippen LogP contribution in [-0.4, -0.2) is 11.8 Å². The summed E-state index contributed by atoms with van der Waals surface area (Å²) in [6.07, 6.45) is 1.83. The quantitative estimate of drug-likeness (QED) is 0.905. The van der Waals surface area contributed by atoms with Crippen molar-refractivity contribution in [2.75, 3.05) is 12.5 Å². The Bertz CT molecular complexity index is 539. The molecule has 88 valence electrons. The number of fused-ring (bicyclic) bond motifs is 1. The Morgan fingerprint density at radius 2 is 2.12 bits per heavy atom. The molecule has 1 aliphatic heterocycles. The van der Waals surface area contributed by atoms with Gasteiger partial charge in [-0.25, -0.2) is 4.98 Å². The Balaban J connectivity index is 1.69. The highest BCUT2D eigenvalue weighted by molar-refractivity contribution is 7.13. The average molecular weight is 248 g/mol. The molecule has 1 aromatic heterocycles. The zero-order chi connectivity index (χ0) is 11.7. The maximum absolute atomic E-state index is 5.59. The second-order valence-electron chi connectivity index (χ2n) is 3.86. The van der Waals surface area contributed by atoms with E-state index in [4.69, 9.17) is 15.2 Å². The van der Waals surface area contributed by atoms with Crippen LogP contribution in [0.2, 0.25) is 0 Å². The summed E-state index contributed by atoms with van der Waals surface area (Å²) in [6.45, 7) is 0.321. The molecule has 5 heteroatoms. The number of hydrogen-bond acceptors (Lipinski definition) is 5. The van der Waals surface area contributed by atoms with Crippen molar-refractivity contribution >= 4 is 16.5 Å². The summed E-state index contributed by atoms with van der Waals surface area (Å²) in [4.78, 5) is 4.24. The Hall–Kier alpha value is -1.75. The molecule has 4 nitrogen and oxygen atoms in total. The van der Waals surface area contributed by atoms with Crippen LogP contribution in [0.5, 0.6) is 11.5 Å². The van der Waals surface area contributed by atoms with Crippen LogP contribution in [0.4, 0.5) is 5.13 Å². The second kappa shape index (κ2) is 4.25. The van der Waals surface area contributed by atoms with Crippen molar-refractivity contribution in [3.8, 4) is 11.5 Å². The second-order valence-corrected chi connectivity index (χ2v) is 4.75. The molecule has 0 unspecified atom stereocenters. The number of aromatic nitrogens is 1.